The maximum absolute atomic E-state index is 9.22. The topological polar surface area (TPSA) is 74.6 Å². The molecule has 4 nitrogen and oxygen atoms in total. The van der Waals surface area contributed by atoms with Gasteiger partial charge in [0.1, 0.15) is 23.8 Å². The van der Waals surface area contributed by atoms with Crippen LogP contribution in [-0.4, -0.2) is 13.1 Å². The summed E-state index contributed by atoms with van der Waals surface area (Å²) in [5.41, 5.74) is -0.0176. The second-order valence-corrected chi connectivity index (χ2v) is 8.44. The summed E-state index contributed by atoms with van der Waals surface area (Å²) in [7, 11) is 0. The summed E-state index contributed by atoms with van der Waals surface area (Å²) in [5, 5.41) is 28.5. The van der Waals surface area contributed by atoms with E-state index in [1.165, 1.54) is 40.5 Å². The van der Waals surface area contributed by atoms with E-state index >= 15 is 0 Å². The third-order valence-corrected chi connectivity index (χ3v) is 6.55. The minimum Gasteiger partial charge on any atom is -0.363 e. The van der Waals surface area contributed by atoms with Crippen molar-refractivity contribution in [1.29, 1.82) is 15.8 Å². The van der Waals surface area contributed by atoms with Crippen molar-refractivity contribution in [2.75, 3.05) is 18.0 Å². The summed E-state index contributed by atoms with van der Waals surface area (Å²) in [5.74, 6) is 0. The van der Waals surface area contributed by atoms with Gasteiger partial charge in [-0.1, -0.05) is 12.2 Å². The number of nitrogens with zero attached hydrogens (tertiary/aromatic N) is 4. The van der Waals surface area contributed by atoms with Crippen molar-refractivity contribution in [3.8, 4) is 18.2 Å². The van der Waals surface area contributed by atoms with Crippen LogP contribution >= 0.6 is 22.7 Å². The number of hydrogen-bond acceptors (Lipinski definition) is 6. The Morgan fingerprint density at radius 3 is 2.11 bits per heavy atom. The van der Waals surface area contributed by atoms with Gasteiger partial charge >= 0.3 is 0 Å². The molecule has 0 atom stereocenters. The van der Waals surface area contributed by atoms with Gasteiger partial charge in [-0.15, -0.1) is 22.7 Å². The molecule has 2 aromatic rings. The van der Waals surface area contributed by atoms with E-state index in [2.05, 4.69) is 23.1 Å². The molecule has 1 aliphatic heterocycles. The van der Waals surface area contributed by atoms with E-state index in [9.17, 15) is 5.26 Å². The van der Waals surface area contributed by atoms with Crippen molar-refractivity contribution in [1.82, 2.24) is 0 Å². The van der Waals surface area contributed by atoms with Crippen molar-refractivity contribution in [2.24, 2.45) is 0 Å². The average molecular weight is 403 g/mol. The summed E-state index contributed by atoms with van der Waals surface area (Å²) in [6, 6.07) is 13.5. The first-order valence-corrected chi connectivity index (χ1v) is 10.6. The van der Waals surface area contributed by atoms with Crippen LogP contribution in [0.3, 0.4) is 0 Å². The van der Waals surface area contributed by atoms with Gasteiger partial charge in [0.15, 0.2) is 0 Å². The molecule has 0 radical (unpaired) electrons. The maximum Gasteiger partial charge on any atom is 0.148 e. The lowest BCUT2D eigenvalue weighted by Gasteiger charge is -2.27. The lowest BCUT2D eigenvalue weighted by molar-refractivity contribution is 0.580. The van der Waals surface area contributed by atoms with Crippen LogP contribution in [0, 0.1) is 34.0 Å². The van der Waals surface area contributed by atoms with E-state index in [4.69, 9.17) is 10.5 Å². The van der Waals surface area contributed by atoms with E-state index in [1.54, 1.807) is 18.2 Å². The zero-order valence-corrected chi connectivity index (χ0v) is 16.9. The summed E-state index contributed by atoms with van der Waals surface area (Å²) >= 11 is 3.20. The molecule has 1 aliphatic rings. The molecule has 0 bridgehead atoms. The van der Waals surface area contributed by atoms with Gasteiger partial charge in [-0.05, 0) is 55.7 Å². The number of piperidine rings is 1. The second kappa shape index (κ2) is 9.72. The predicted octanol–water partition coefficient (Wildman–Crippen LogP) is 5.85. The van der Waals surface area contributed by atoms with Gasteiger partial charge in [0.2, 0.25) is 0 Å². The molecule has 3 heterocycles. The van der Waals surface area contributed by atoms with E-state index in [0.717, 1.165) is 18.0 Å². The zero-order valence-electron chi connectivity index (χ0n) is 15.3. The van der Waals surface area contributed by atoms with Gasteiger partial charge in [-0.2, -0.15) is 15.8 Å². The third kappa shape index (κ3) is 4.78. The Morgan fingerprint density at radius 1 is 0.821 bits per heavy atom. The standard InChI is InChI=1S/C22H18N4S2/c23-14-17(15-24)20(16-25)21-10-8-18(27-21)6-2-3-7-19-9-11-22(28-19)26-12-4-1-5-13-26/h2-3,6-11H,1,4-5,12-13H2. The van der Waals surface area contributed by atoms with E-state index in [-0.39, 0.29) is 11.1 Å². The number of allylic oxidation sites excluding steroid dienone is 4. The Bertz CT molecular complexity index is 1030. The first kappa shape index (κ1) is 19.6. The molecular formula is C22H18N4S2. The van der Waals surface area contributed by atoms with Crippen molar-refractivity contribution >= 4 is 45.4 Å². The molecular weight excluding hydrogens is 384 g/mol. The number of nitriles is 3. The number of thiophene rings is 2. The largest absolute Gasteiger partial charge is 0.363 e. The van der Waals surface area contributed by atoms with Crippen LogP contribution in [0.4, 0.5) is 5.00 Å². The summed E-state index contributed by atoms with van der Waals surface area (Å²) in [6.45, 7) is 2.31. The van der Waals surface area contributed by atoms with E-state index in [0.29, 0.717) is 4.88 Å². The lowest BCUT2D eigenvalue weighted by Crippen LogP contribution is -2.28. The SMILES string of the molecule is N#CC(C#N)=C(C#N)c1ccc(C=CC=Cc2ccc(N3CCCCC3)s2)s1. The van der Waals surface area contributed by atoms with Crippen LogP contribution in [0.1, 0.15) is 33.9 Å². The van der Waals surface area contributed by atoms with Crippen molar-refractivity contribution in [3.05, 3.63) is 56.6 Å². The Labute approximate surface area is 173 Å². The average Bonchev–Trinajstić information content (AvgIpc) is 3.40. The minimum atomic E-state index is -0.151. The molecule has 1 fully saturated rings. The molecule has 0 spiro atoms. The minimum absolute atomic E-state index is 0.133. The van der Waals surface area contributed by atoms with Crippen LogP contribution in [0.25, 0.3) is 17.7 Å². The number of anilines is 1. The molecule has 0 saturated carbocycles. The van der Waals surface area contributed by atoms with Crippen LogP contribution in [-0.2, 0) is 0 Å². The Balaban J connectivity index is 1.64. The highest BCUT2D eigenvalue weighted by Crippen LogP contribution is 2.30. The van der Waals surface area contributed by atoms with E-state index < -0.39 is 0 Å². The molecule has 0 unspecified atom stereocenters. The summed E-state index contributed by atoms with van der Waals surface area (Å²) in [4.78, 5) is 5.28. The van der Waals surface area contributed by atoms with Gasteiger partial charge in [0.25, 0.3) is 0 Å². The van der Waals surface area contributed by atoms with Crippen LogP contribution in [0.15, 0.2) is 42.0 Å². The number of hydrogen-bond donors (Lipinski definition) is 0. The Kier molecular flexibility index (Phi) is 6.82. The number of rotatable bonds is 5. The van der Waals surface area contributed by atoms with E-state index in [1.807, 2.05) is 41.7 Å². The second-order valence-electron chi connectivity index (χ2n) is 6.23. The fraction of sp³-hybridized carbons (Fsp3) is 0.227. The molecule has 1 saturated heterocycles. The first-order chi connectivity index (χ1) is 13.7. The van der Waals surface area contributed by atoms with Gasteiger partial charge in [0, 0.05) is 27.7 Å². The third-order valence-electron chi connectivity index (χ3n) is 4.37. The Morgan fingerprint density at radius 2 is 1.46 bits per heavy atom. The van der Waals surface area contributed by atoms with Gasteiger partial charge in [0.05, 0.1) is 10.6 Å². The van der Waals surface area contributed by atoms with Crippen LogP contribution in [0.2, 0.25) is 0 Å². The van der Waals surface area contributed by atoms with Gasteiger partial charge < -0.3 is 4.90 Å². The maximum atomic E-state index is 9.22. The Hall–Kier alpha value is -3.11. The normalized spacial score (nSPS) is 14.0. The van der Waals surface area contributed by atoms with Crippen molar-refractivity contribution < 1.29 is 0 Å². The smallest absolute Gasteiger partial charge is 0.148 e. The highest BCUT2D eigenvalue weighted by Gasteiger charge is 2.12. The summed E-state index contributed by atoms with van der Waals surface area (Å²) in [6.07, 6.45) is 11.9. The monoisotopic (exact) mass is 402 g/mol. The molecule has 0 N–H and O–H groups in total. The van der Waals surface area contributed by atoms with Crippen LogP contribution in [0.5, 0.6) is 0 Å². The zero-order chi connectivity index (χ0) is 19.8. The van der Waals surface area contributed by atoms with Crippen LogP contribution < -0.4 is 4.90 Å². The quantitative estimate of drug-likeness (QED) is 0.464. The molecule has 0 amide bonds. The molecule has 2 aromatic heterocycles. The molecule has 0 aliphatic carbocycles. The first-order valence-electron chi connectivity index (χ1n) is 8.99. The molecule has 6 heteroatoms. The highest BCUT2D eigenvalue weighted by atomic mass is 32.1. The molecule has 3 rings (SSSR count). The molecule has 138 valence electrons. The molecule has 28 heavy (non-hydrogen) atoms. The lowest BCUT2D eigenvalue weighted by atomic mass is 10.1. The van der Waals surface area contributed by atoms with Crippen molar-refractivity contribution in [3.63, 3.8) is 0 Å². The summed E-state index contributed by atoms with van der Waals surface area (Å²) < 4.78 is 0. The van der Waals surface area contributed by atoms with Crippen molar-refractivity contribution in [2.45, 2.75) is 19.3 Å². The van der Waals surface area contributed by atoms with Gasteiger partial charge in [-0.3, -0.25) is 0 Å². The predicted molar refractivity (Wildman–Crippen MR) is 117 cm³/mol. The fourth-order valence-corrected chi connectivity index (χ4v) is 4.86. The highest BCUT2D eigenvalue weighted by molar-refractivity contribution is 7.17. The fourth-order valence-electron chi connectivity index (χ4n) is 2.96. The van der Waals surface area contributed by atoms with Gasteiger partial charge in [-0.25, -0.2) is 0 Å². The molecule has 0 aromatic carbocycles.